The highest BCUT2D eigenvalue weighted by Gasteiger charge is 2.24. The molecule has 1 unspecified atom stereocenters. The molecule has 0 radical (unpaired) electrons. The molecule has 1 heterocycles. The van der Waals surface area contributed by atoms with Crippen LogP contribution in [0.25, 0.3) is 0 Å². The molecule has 1 aliphatic rings. The van der Waals surface area contributed by atoms with Crippen molar-refractivity contribution in [2.45, 2.75) is 6.04 Å². The van der Waals surface area contributed by atoms with Crippen LogP contribution in [-0.4, -0.2) is 43.8 Å². The molecule has 26 heavy (non-hydrogen) atoms. The zero-order chi connectivity index (χ0) is 18.4. The lowest BCUT2D eigenvalue weighted by Gasteiger charge is -2.35. The van der Waals surface area contributed by atoms with Crippen molar-refractivity contribution in [1.82, 2.24) is 10.2 Å². The van der Waals surface area contributed by atoms with Crippen molar-refractivity contribution in [3.8, 4) is 0 Å². The summed E-state index contributed by atoms with van der Waals surface area (Å²) in [5, 5.41) is 7.01. The van der Waals surface area contributed by atoms with E-state index in [-0.39, 0.29) is 12.1 Å². The smallest absolute Gasteiger partial charge is 0.319 e. The predicted octanol–water partition coefficient (Wildman–Crippen LogP) is 4.19. The van der Waals surface area contributed by atoms with Crippen molar-refractivity contribution in [3.63, 3.8) is 0 Å². The Balaban J connectivity index is 1.67. The van der Waals surface area contributed by atoms with E-state index >= 15 is 0 Å². The number of nitrogens with zero attached hydrogens (tertiary/aromatic N) is 1. The Bertz CT molecular complexity index is 751. The summed E-state index contributed by atoms with van der Waals surface area (Å²) in [5.41, 5.74) is 1.65. The van der Waals surface area contributed by atoms with Crippen LogP contribution in [0.15, 0.2) is 48.5 Å². The Labute approximate surface area is 163 Å². The highest BCUT2D eigenvalue weighted by molar-refractivity contribution is 6.31. The molecule has 5 nitrogen and oxygen atoms in total. The van der Waals surface area contributed by atoms with E-state index in [1.807, 2.05) is 24.3 Å². The first-order valence-electron chi connectivity index (χ1n) is 8.50. The summed E-state index contributed by atoms with van der Waals surface area (Å²) in [6.07, 6.45) is 0. The molecule has 2 amide bonds. The van der Waals surface area contributed by atoms with Gasteiger partial charge in [0.25, 0.3) is 0 Å². The van der Waals surface area contributed by atoms with Crippen molar-refractivity contribution in [2.75, 3.05) is 38.2 Å². The number of carbonyl (C=O) groups excluding carboxylic acids is 1. The number of ether oxygens (including phenoxy) is 1. The van der Waals surface area contributed by atoms with E-state index in [9.17, 15) is 4.79 Å². The molecule has 0 aromatic heterocycles. The van der Waals surface area contributed by atoms with Gasteiger partial charge in [-0.1, -0.05) is 47.5 Å². The van der Waals surface area contributed by atoms with E-state index in [1.54, 1.807) is 24.3 Å². The first-order valence-corrected chi connectivity index (χ1v) is 9.26. The van der Waals surface area contributed by atoms with E-state index < -0.39 is 0 Å². The first-order chi connectivity index (χ1) is 12.6. The predicted molar refractivity (Wildman–Crippen MR) is 105 cm³/mol. The molecule has 0 saturated carbocycles. The second-order valence-corrected chi connectivity index (χ2v) is 6.87. The highest BCUT2D eigenvalue weighted by atomic mass is 35.5. The largest absolute Gasteiger partial charge is 0.379 e. The molecule has 0 aliphatic carbocycles. The van der Waals surface area contributed by atoms with Crippen molar-refractivity contribution in [2.24, 2.45) is 0 Å². The molecule has 3 rings (SSSR count). The summed E-state index contributed by atoms with van der Waals surface area (Å²) < 4.78 is 5.44. The number of carbonyl (C=O) groups is 1. The molecule has 138 valence electrons. The van der Waals surface area contributed by atoms with Gasteiger partial charge in [0.2, 0.25) is 0 Å². The van der Waals surface area contributed by atoms with Crippen molar-refractivity contribution in [1.29, 1.82) is 0 Å². The van der Waals surface area contributed by atoms with Crippen molar-refractivity contribution < 1.29 is 9.53 Å². The normalized spacial score (nSPS) is 16.1. The van der Waals surface area contributed by atoms with Crippen LogP contribution in [0.5, 0.6) is 0 Å². The van der Waals surface area contributed by atoms with E-state index in [4.69, 9.17) is 27.9 Å². The summed E-state index contributed by atoms with van der Waals surface area (Å²) in [6, 6.07) is 14.5. The SMILES string of the molecule is O=C(NCC(c1ccccc1Cl)N1CCOCC1)Nc1cccc(Cl)c1. The molecule has 2 aromatic carbocycles. The van der Waals surface area contributed by atoms with Crippen molar-refractivity contribution in [3.05, 3.63) is 64.1 Å². The fourth-order valence-electron chi connectivity index (χ4n) is 3.00. The number of amides is 2. The van der Waals surface area contributed by atoms with Crippen LogP contribution in [0.1, 0.15) is 11.6 Å². The minimum atomic E-state index is -0.280. The third kappa shape index (κ3) is 5.11. The monoisotopic (exact) mass is 393 g/mol. The topological polar surface area (TPSA) is 53.6 Å². The fourth-order valence-corrected chi connectivity index (χ4v) is 3.45. The number of morpholine rings is 1. The van der Waals surface area contributed by atoms with Gasteiger partial charge < -0.3 is 15.4 Å². The van der Waals surface area contributed by atoms with E-state index in [1.165, 1.54) is 0 Å². The Morgan fingerprint density at radius 3 is 2.62 bits per heavy atom. The number of hydrogen-bond acceptors (Lipinski definition) is 3. The molecule has 1 atom stereocenters. The third-order valence-electron chi connectivity index (χ3n) is 4.29. The minimum absolute atomic E-state index is 0.0160. The van der Waals surface area contributed by atoms with E-state index in [2.05, 4.69) is 15.5 Å². The lowest BCUT2D eigenvalue weighted by Crippen LogP contribution is -2.44. The second-order valence-electron chi connectivity index (χ2n) is 6.03. The molecule has 1 fully saturated rings. The maximum Gasteiger partial charge on any atom is 0.319 e. The Morgan fingerprint density at radius 1 is 1.12 bits per heavy atom. The molecule has 0 spiro atoms. The Hall–Kier alpha value is -1.79. The van der Waals surface area contributed by atoms with Crippen LogP contribution >= 0.6 is 23.2 Å². The number of anilines is 1. The van der Waals surface area contributed by atoms with E-state index in [0.29, 0.717) is 35.5 Å². The molecule has 2 aromatic rings. The van der Waals surface area contributed by atoms with Crippen LogP contribution in [0.4, 0.5) is 10.5 Å². The summed E-state index contributed by atoms with van der Waals surface area (Å²) >= 11 is 12.3. The summed E-state index contributed by atoms with van der Waals surface area (Å²) in [7, 11) is 0. The van der Waals surface area contributed by atoms with Crippen LogP contribution in [-0.2, 0) is 4.74 Å². The second kappa shape index (κ2) is 9.24. The van der Waals surface area contributed by atoms with Crippen LogP contribution in [0.2, 0.25) is 10.0 Å². The molecule has 1 aliphatic heterocycles. The molecule has 2 N–H and O–H groups in total. The standard InChI is InChI=1S/C19H21Cl2N3O2/c20-14-4-3-5-15(12-14)23-19(25)22-13-18(24-8-10-26-11-9-24)16-6-1-2-7-17(16)21/h1-7,12,18H,8-11,13H2,(H2,22,23,25). The van der Waals surface area contributed by atoms with Gasteiger partial charge in [-0.05, 0) is 29.8 Å². The van der Waals surface area contributed by atoms with Gasteiger partial charge in [0, 0.05) is 35.4 Å². The zero-order valence-corrected chi connectivity index (χ0v) is 15.8. The van der Waals surface area contributed by atoms with Crippen molar-refractivity contribution >= 4 is 34.9 Å². The quantitative estimate of drug-likeness (QED) is 0.800. The lowest BCUT2D eigenvalue weighted by atomic mass is 10.0. The first kappa shape index (κ1) is 19.0. The van der Waals surface area contributed by atoms with Gasteiger partial charge in [0.15, 0.2) is 0 Å². The summed E-state index contributed by atoms with van der Waals surface area (Å²) in [6.45, 7) is 3.39. The van der Waals surface area contributed by atoms with Gasteiger partial charge in [-0.2, -0.15) is 0 Å². The third-order valence-corrected chi connectivity index (χ3v) is 4.87. The maximum atomic E-state index is 12.3. The summed E-state index contributed by atoms with van der Waals surface area (Å²) in [5.74, 6) is 0. The number of rotatable bonds is 5. The van der Waals surface area contributed by atoms with Crippen LogP contribution < -0.4 is 10.6 Å². The number of urea groups is 1. The maximum absolute atomic E-state index is 12.3. The number of halogens is 2. The number of benzene rings is 2. The number of hydrogen-bond donors (Lipinski definition) is 2. The number of nitrogens with one attached hydrogen (secondary N) is 2. The Kier molecular flexibility index (Phi) is 6.74. The zero-order valence-electron chi connectivity index (χ0n) is 14.3. The molecule has 1 saturated heterocycles. The minimum Gasteiger partial charge on any atom is -0.379 e. The van der Waals surface area contributed by atoms with Crippen LogP contribution in [0.3, 0.4) is 0 Å². The highest BCUT2D eigenvalue weighted by Crippen LogP contribution is 2.27. The van der Waals surface area contributed by atoms with Gasteiger partial charge >= 0.3 is 6.03 Å². The molecule has 7 heteroatoms. The molecular weight excluding hydrogens is 373 g/mol. The summed E-state index contributed by atoms with van der Waals surface area (Å²) in [4.78, 5) is 14.6. The lowest BCUT2D eigenvalue weighted by molar-refractivity contribution is 0.0168. The molecular formula is C19H21Cl2N3O2. The average molecular weight is 394 g/mol. The van der Waals surface area contributed by atoms with Gasteiger partial charge in [-0.15, -0.1) is 0 Å². The van der Waals surface area contributed by atoms with Gasteiger partial charge in [-0.3, -0.25) is 4.90 Å². The van der Waals surface area contributed by atoms with E-state index in [0.717, 1.165) is 18.7 Å². The Morgan fingerprint density at radius 2 is 1.88 bits per heavy atom. The van der Waals surface area contributed by atoms with Gasteiger partial charge in [0.1, 0.15) is 0 Å². The average Bonchev–Trinajstić information content (AvgIpc) is 2.64. The molecule has 0 bridgehead atoms. The van der Waals surface area contributed by atoms with Crippen LogP contribution in [0, 0.1) is 0 Å². The fraction of sp³-hybridized carbons (Fsp3) is 0.316. The van der Waals surface area contributed by atoms with Gasteiger partial charge in [-0.25, -0.2) is 4.79 Å². The van der Waals surface area contributed by atoms with Gasteiger partial charge in [0.05, 0.1) is 19.3 Å².